The van der Waals surface area contributed by atoms with Gasteiger partial charge in [-0.2, -0.15) is 0 Å². The summed E-state index contributed by atoms with van der Waals surface area (Å²) in [5, 5.41) is 15.2. The average Bonchev–Trinajstić information content (AvgIpc) is 2.43. The van der Waals surface area contributed by atoms with Crippen molar-refractivity contribution in [3.05, 3.63) is 26.7 Å². The van der Waals surface area contributed by atoms with E-state index in [0.29, 0.717) is 33.9 Å². The van der Waals surface area contributed by atoms with Crippen molar-refractivity contribution in [1.82, 2.24) is 0 Å². The third kappa shape index (κ3) is 2.84. The summed E-state index contributed by atoms with van der Waals surface area (Å²) in [6.07, 6.45) is 1.05. The highest BCUT2D eigenvalue weighted by molar-refractivity contribution is 9.10. The van der Waals surface area contributed by atoms with E-state index in [4.69, 9.17) is 34.1 Å². The Labute approximate surface area is 140 Å². The number of rotatable bonds is 3. The van der Waals surface area contributed by atoms with Crippen LogP contribution in [0.5, 0.6) is 0 Å². The molecule has 1 fully saturated rings. The summed E-state index contributed by atoms with van der Waals surface area (Å²) in [6, 6.07) is 3.32. The molecule has 8 heteroatoms. The number of nitrogens with zero attached hydrogens (tertiary/aromatic N) is 1. The summed E-state index contributed by atoms with van der Waals surface area (Å²) in [5.74, 6) is -0.103. The molecular weight excluding hydrogens is 381 g/mol. The number of amides is 1. The van der Waals surface area contributed by atoms with Crippen molar-refractivity contribution >= 4 is 56.6 Å². The number of nitrogens with one attached hydrogen (secondary N) is 1. The predicted molar refractivity (Wildman–Crippen MR) is 87.0 cm³/mol. The van der Waals surface area contributed by atoms with E-state index in [1.165, 1.54) is 0 Å². The van der Waals surface area contributed by atoms with Crippen LogP contribution in [0.4, 0.5) is 5.69 Å². The molecule has 0 bridgehead atoms. The molecule has 0 aliphatic heterocycles. The first-order chi connectivity index (χ1) is 9.81. The van der Waals surface area contributed by atoms with Gasteiger partial charge in [0.15, 0.2) is 5.84 Å². The molecule has 0 spiro atoms. The molecule has 1 amide bonds. The van der Waals surface area contributed by atoms with Crippen molar-refractivity contribution in [3.8, 4) is 0 Å². The Morgan fingerprint density at radius 1 is 1.48 bits per heavy atom. The van der Waals surface area contributed by atoms with Crippen LogP contribution in [0.3, 0.4) is 0 Å². The fourth-order valence-electron chi connectivity index (χ4n) is 2.60. The second-order valence-corrected chi connectivity index (χ2v) is 6.87. The lowest BCUT2D eigenvalue weighted by Crippen LogP contribution is -2.54. The van der Waals surface area contributed by atoms with Gasteiger partial charge in [-0.25, -0.2) is 0 Å². The lowest BCUT2D eigenvalue weighted by Gasteiger charge is -2.43. The average molecular weight is 395 g/mol. The van der Waals surface area contributed by atoms with E-state index >= 15 is 0 Å². The summed E-state index contributed by atoms with van der Waals surface area (Å²) in [6.45, 7) is 2.00. The lowest BCUT2D eigenvalue weighted by molar-refractivity contribution is -0.127. The maximum absolute atomic E-state index is 12.5. The topological polar surface area (TPSA) is 87.7 Å². The van der Waals surface area contributed by atoms with Gasteiger partial charge >= 0.3 is 0 Å². The van der Waals surface area contributed by atoms with Gasteiger partial charge in [0.05, 0.1) is 15.7 Å². The van der Waals surface area contributed by atoms with Gasteiger partial charge in [0.1, 0.15) is 5.41 Å². The minimum atomic E-state index is -0.989. The largest absolute Gasteiger partial charge is 0.409 e. The molecule has 0 saturated heterocycles. The Balaban J connectivity index is 2.27. The Kier molecular flexibility index (Phi) is 4.70. The number of amidine groups is 1. The molecule has 21 heavy (non-hydrogen) atoms. The smallest absolute Gasteiger partial charge is 0.238 e. The first kappa shape index (κ1) is 16.4. The zero-order chi connectivity index (χ0) is 15.8. The van der Waals surface area contributed by atoms with Crippen LogP contribution < -0.4 is 11.1 Å². The van der Waals surface area contributed by atoms with Gasteiger partial charge in [0.2, 0.25) is 5.91 Å². The van der Waals surface area contributed by atoms with Crippen molar-refractivity contribution < 1.29 is 10.0 Å². The SMILES string of the molecule is CC1CC(C(=O)Nc2ccc(Br)c(Cl)c2Cl)(/C(N)=N/O)C1. The second kappa shape index (κ2) is 6.02. The van der Waals surface area contributed by atoms with Crippen molar-refractivity contribution in [2.24, 2.45) is 22.2 Å². The van der Waals surface area contributed by atoms with E-state index in [1.807, 2.05) is 6.92 Å². The molecule has 1 aliphatic carbocycles. The number of carbonyl (C=O) groups excluding carboxylic acids is 1. The van der Waals surface area contributed by atoms with Crippen LogP contribution in [0.15, 0.2) is 21.8 Å². The third-order valence-corrected chi connectivity index (χ3v) is 5.48. The van der Waals surface area contributed by atoms with Crippen molar-refractivity contribution in [2.45, 2.75) is 19.8 Å². The number of halogens is 3. The van der Waals surface area contributed by atoms with Gasteiger partial charge in [-0.3, -0.25) is 4.79 Å². The van der Waals surface area contributed by atoms with Crippen LogP contribution in [0.1, 0.15) is 19.8 Å². The molecule has 1 aromatic carbocycles. The van der Waals surface area contributed by atoms with Gasteiger partial charge in [-0.05, 0) is 46.8 Å². The maximum Gasteiger partial charge on any atom is 0.238 e. The summed E-state index contributed by atoms with van der Waals surface area (Å²) in [7, 11) is 0. The molecule has 5 nitrogen and oxygen atoms in total. The van der Waals surface area contributed by atoms with Gasteiger partial charge in [0.25, 0.3) is 0 Å². The number of carbonyl (C=O) groups is 1. The molecule has 1 aliphatic rings. The zero-order valence-electron chi connectivity index (χ0n) is 11.2. The highest BCUT2D eigenvalue weighted by Gasteiger charge is 2.52. The predicted octanol–water partition coefficient (Wildman–Crippen LogP) is 3.86. The molecule has 0 atom stereocenters. The number of nitrogens with two attached hydrogens (primary N) is 1. The van der Waals surface area contributed by atoms with E-state index in [2.05, 4.69) is 26.4 Å². The Bertz CT molecular complexity index is 616. The quantitative estimate of drug-likeness (QED) is 0.239. The first-order valence-corrected chi connectivity index (χ1v) is 7.79. The van der Waals surface area contributed by atoms with E-state index in [9.17, 15) is 4.79 Å². The van der Waals surface area contributed by atoms with Gasteiger partial charge in [-0.15, -0.1) is 0 Å². The number of hydrogen-bond acceptors (Lipinski definition) is 3. The van der Waals surface area contributed by atoms with Gasteiger partial charge in [0, 0.05) is 4.47 Å². The molecule has 114 valence electrons. The number of anilines is 1. The molecule has 0 heterocycles. The summed E-state index contributed by atoms with van der Waals surface area (Å²) >= 11 is 15.4. The fraction of sp³-hybridized carbons (Fsp3) is 0.385. The van der Waals surface area contributed by atoms with Crippen molar-refractivity contribution in [1.29, 1.82) is 0 Å². The zero-order valence-corrected chi connectivity index (χ0v) is 14.3. The standard InChI is InChI=1S/C13H14BrCl2N3O2/c1-6-4-13(5-6,11(17)19-21)12(20)18-8-3-2-7(14)9(15)10(8)16/h2-3,6,21H,4-5H2,1H3,(H2,17,19)(H,18,20). The Morgan fingerprint density at radius 3 is 2.62 bits per heavy atom. The molecular formula is C13H14BrCl2N3O2. The van der Waals surface area contributed by atoms with Crippen LogP contribution in [-0.4, -0.2) is 17.0 Å². The number of hydrogen-bond donors (Lipinski definition) is 3. The molecule has 0 aromatic heterocycles. The Hall–Kier alpha value is -0.980. The highest BCUT2D eigenvalue weighted by atomic mass is 79.9. The molecule has 0 unspecified atom stereocenters. The number of benzene rings is 1. The summed E-state index contributed by atoms with van der Waals surface area (Å²) in [5.41, 5.74) is 5.09. The third-order valence-electron chi connectivity index (χ3n) is 3.71. The van der Waals surface area contributed by atoms with Gasteiger partial charge < -0.3 is 16.3 Å². The molecule has 0 radical (unpaired) electrons. The van der Waals surface area contributed by atoms with E-state index in [-0.39, 0.29) is 16.8 Å². The summed E-state index contributed by atoms with van der Waals surface area (Å²) < 4.78 is 0.635. The van der Waals surface area contributed by atoms with E-state index in [1.54, 1.807) is 12.1 Å². The van der Waals surface area contributed by atoms with E-state index in [0.717, 1.165) is 0 Å². The van der Waals surface area contributed by atoms with Crippen molar-refractivity contribution in [2.75, 3.05) is 5.32 Å². The molecule has 4 N–H and O–H groups in total. The van der Waals surface area contributed by atoms with Crippen LogP contribution in [-0.2, 0) is 4.79 Å². The van der Waals surface area contributed by atoms with Crippen LogP contribution >= 0.6 is 39.1 Å². The maximum atomic E-state index is 12.5. The Morgan fingerprint density at radius 2 is 2.10 bits per heavy atom. The lowest BCUT2D eigenvalue weighted by atomic mass is 9.61. The van der Waals surface area contributed by atoms with Gasteiger partial charge in [-0.1, -0.05) is 35.3 Å². The monoisotopic (exact) mass is 393 g/mol. The highest BCUT2D eigenvalue weighted by Crippen LogP contribution is 2.47. The second-order valence-electron chi connectivity index (χ2n) is 5.26. The fourth-order valence-corrected chi connectivity index (χ4v) is 3.42. The van der Waals surface area contributed by atoms with E-state index < -0.39 is 5.41 Å². The molecule has 2 rings (SSSR count). The minimum absolute atomic E-state index is 0.0857. The minimum Gasteiger partial charge on any atom is -0.409 e. The summed E-state index contributed by atoms with van der Waals surface area (Å²) in [4.78, 5) is 12.5. The first-order valence-electron chi connectivity index (χ1n) is 6.24. The van der Waals surface area contributed by atoms with Crippen LogP contribution in [0.25, 0.3) is 0 Å². The number of oxime groups is 1. The van der Waals surface area contributed by atoms with Crippen LogP contribution in [0.2, 0.25) is 10.0 Å². The van der Waals surface area contributed by atoms with Crippen molar-refractivity contribution in [3.63, 3.8) is 0 Å². The molecule has 1 saturated carbocycles. The van der Waals surface area contributed by atoms with Crippen LogP contribution in [0, 0.1) is 11.3 Å². The molecule has 1 aromatic rings. The normalized spacial score (nSPS) is 25.3.